The summed E-state index contributed by atoms with van der Waals surface area (Å²) in [7, 11) is 0. The molecule has 2 heterocycles. The first kappa shape index (κ1) is 12.8. The molecule has 0 aromatic rings. The summed E-state index contributed by atoms with van der Waals surface area (Å²) in [6.07, 6.45) is 4.14. The van der Waals surface area contributed by atoms with Gasteiger partial charge in [-0.05, 0) is 18.8 Å². The zero-order valence-corrected chi connectivity index (χ0v) is 11.8. The third-order valence-corrected chi connectivity index (χ3v) is 5.29. The van der Waals surface area contributed by atoms with E-state index in [-0.39, 0.29) is 0 Å². The Bertz CT molecular complexity index is 305. The molecule has 0 radical (unpaired) electrons. The van der Waals surface area contributed by atoms with Crippen molar-refractivity contribution in [2.24, 2.45) is 10.9 Å². The van der Waals surface area contributed by atoms with E-state index in [4.69, 9.17) is 9.73 Å². The number of ether oxygens (including phenoxy) is 1. The fourth-order valence-corrected chi connectivity index (χ4v) is 4.21. The van der Waals surface area contributed by atoms with E-state index in [0.29, 0.717) is 6.04 Å². The number of hydrogen-bond acceptors (Lipinski definition) is 4. The Morgan fingerprint density at radius 1 is 1.33 bits per heavy atom. The molecule has 0 aromatic heterocycles. The molecule has 3 rings (SSSR count). The normalized spacial score (nSPS) is 35.4. The maximum atomic E-state index is 5.35. The molecule has 0 aromatic carbocycles. The van der Waals surface area contributed by atoms with Crippen molar-refractivity contribution in [3.63, 3.8) is 0 Å². The predicted octanol–water partition coefficient (Wildman–Crippen LogP) is 1.18. The van der Waals surface area contributed by atoms with Crippen LogP contribution < -0.4 is 5.32 Å². The van der Waals surface area contributed by atoms with E-state index < -0.39 is 0 Å². The van der Waals surface area contributed by atoms with Crippen LogP contribution in [0.15, 0.2) is 4.99 Å². The zero-order chi connectivity index (χ0) is 12.2. The average Bonchev–Trinajstić information content (AvgIpc) is 2.87. The number of thioether (sulfide) groups is 1. The Morgan fingerprint density at radius 2 is 2.22 bits per heavy atom. The minimum atomic E-state index is 0.716. The summed E-state index contributed by atoms with van der Waals surface area (Å²) in [4.78, 5) is 7.17. The molecule has 0 spiro atoms. The van der Waals surface area contributed by atoms with Crippen LogP contribution >= 0.6 is 11.8 Å². The van der Waals surface area contributed by atoms with Crippen molar-refractivity contribution >= 4 is 16.9 Å². The minimum Gasteiger partial charge on any atom is -0.379 e. The van der Waals surface area contributed by atoms with Gasteiger partial charge in [0.25, 0.3) is 0 Å². The monoisotopic (exact) mass is 269 g/mol. The second-order valence-electron chi connectivity index (χ2n) is 5.39. The van der Waals surface area contributed by atoms with Gasteiger partial charge >= 0.3 is 0 Å². The standard InChI is InChI=1S/C13H23N3OS/c1-2-11-10-18-13(15-12(11)3-1)14-4-5-16-6-8-17-9-7-16/h11-12H,1-10H2,(H,14,15). The van der Waals surface area contributed by atoms with Crippen LogP contribution in [-0.4, -0.2) is 61.3 Å². The first-order valence-electron chi connectivity index (χ1n) is 7.16. The molecule has 1 aliphatic carbocycles. The van der Waals surface area contributed by atoms with Crippen molar-refractivity contribution in [2.45, 2.75) is 25.3 Å². The van der Waals surface area contributed by atoms with E-state index in [1.54, 1.807) is 0 Å². The highest BCUT2D eigenvalue weighted by molar-refractivity contribution is 8.13. The topological polar surface area (TPSA) is 36.9 Å². The largest absolute Gasteiger partial charge is 0.379 e. The van der Waals surface area contributed by atoms with Crippen LogP contribution in [0.1, 0.15) is 19.3 Å². The van der Waals surface area contributed by atoms with E-state index in [1.165, 1.54) is 30.2 Å². The molecule has 3 aliphatic rings. The number of fused-ring (bicyclic) bond motifs is 1. The Hall–Kier alpha value is -0.260. The number of amidine groups is 1. The second-order valence-corrected chi connectivity index (χ2v) is 6.40. The van der Waals surface area contributed by atoms with Gasteiger partial charge in [-0.15, -0.1) is 0 Å². The molecule has 1 saturated carbocycles. The van der Waals surface area contributed by atoms with Crippen LogP contribution in [-0.2, 0) is 4.74 Å². The van der Waals surface area contributed by atoms with Gasteiger partial charge in [0, 0.05) is 31.4 Å². The molecular weight excluding hydrogens is 246 g/mol. The van der Waals surface area contributed by atoms with Gasteiger partial charge in [-0.3, -0.25) is 9.89 Å². The van der Waals surface area contributed by atoms with Crippen LogP contribution in [0.25, 0.3) is 0 Å². The molecule has 1 N–H and O–H groups in total. The molecule has 2 atom stereocenters. The fourth-order valence-electron chi connectivity index (χ4n) is 3.02. The Kier molecular flexibility index (Phi) is 4.44. The van der Waals surface area contributed by atoms with Crippen LogP contribution in [0.2, 0.25) is 0 Å². The second kappa shape index (κ2) is 6.26. The van der Waals surface area contributed by atoms with E-state index in [2.05, 4.69) is 10.2 Å². The molecule has 0 bridgehead atoms. The summed E-state index contributed by atoms with van der Waals surface area (Å²) < 4.78 is 5.35. The number of aliphatic imine (C=N–C) groups is 1. The van der Waals surface area contributed by atoms with Crippen molar-refractivity contribution in [3.05, 3.63) is 0 Å². The van der Waals surface area contributed by atoms with Crippen LogP contribution in [0.3, 0.4) is 0 Å². The van der Waals surface area contributed by atoms with Gasteiger partial charge in [0.1, 0.15) is 0 Å². The summed E-state index contributed by atoms with van der Waals surface area (Å²) in [6, 6.07) is 0.716. The molecule has 2 saturated heterocycles. The number of hydrogen-bond donors (Lipinski definition) is 1. The maximum absolute atomic E-state index is 5.35. The van der Waals surface area contributed by atoms with Gasteiger partial charge in [-0.25, -0.2) is 0 Å². The highest BCUT2D eigenvalue weighted by atomic mass is 32.2. The van der Waals surface area contributed by atoms with Gasteiger partial charge in [0.15, 0.2) is 5.17 Å². The lowest BCUT2D eigenvalue weighted by Gasteiger charge is -2.29. The number of nitrogens with one attached hydrogen (secondary N) is 1. The van der Waals surface area contributed by atoms with Crippen molar-refractivity contribution in [1.29, 1.82) is 0 Å². The van der Waals surface area contributed by atoms with Crippen LogP contribution in [0.5, 0.6) is 0 Å². The lowest BCUT2D eigenvalue weighted by atomic mass is 10.1. The maximum Gasteiger partial charge on any atom is 0.156 e. The first-order valence-corrected chi connectivity index (χ1v) is 8.14. The lowest BCUT2D eigenvalue weighted by molar-refractivity contribution is 0.0394. The molecule has 2 unspecified atom stereocenters. The minimum absolute atomic E-state index is 0.716. The van der Waals surface area contributed by atoms with Gasteiger partial charge in [0.05, 0.1) is 19.8 Å². The first-order chi connectivity index (χ1) is 8.92. The van der Waals surface area contributed by atoms with Crippen molar-refractivity contribution < 1.29 is 4.74 Å². The smallest absolute Gasteiger partial charge is 0.156 e. The summed E-state index contributed by atoms with van der Waals surface area (Å²) >= 11 is 1.92. The number of rotatable bonds is 3. The zero-order valence-electron chi connectivity index (χ0n) is 10.9. The van der Waals surface area contributed by atoms with Gasteiger partial charge in [-0.1, -0.05) is 18.2 Å². The van der Waals surface area contributed by atoms with Crippen molar-refractivity contribution in [2.75, 3.05) is 45.1 Å². The lowest BCUT2D eigenvalue weighted by Crippen LogP contribution is -2.42. The molecule has 3 fully saturated rings. The molecule has 4 nitrogen and oxygen atoms in total. The summed E-state index contributed by atoms with van der Waals surface area (Å²) in [5.41, 5.74) is 0. The Morgan fingerprint density at radius 3 is 3.11 bits per heavy atom. The third kappa shape index (κ3) is 3.19. The number of morpholine rings is 1. The van der Waals surface area contributed by atoms with E-state index in [9.17, 15) is 0 Å². The Balaban J connectivity index is 1.42. The molecule has 0 amide bonds. The van der Waals surface area contributed by atoms with E-state index in [0.717, 1.165) is 45.3 Å². The van der Waals surface area contributed by atoms with Crippen molar-refractivity contribution in [3.8, 4) is 0 Å². The SMILES string of the molecule is C1CC2CSC(=NCCN3CCOCC3)NC2C1. The molecular formula is C13H23N3OS. The average molecular weight is 269 g/mol. The van der Waals surface area contributed by atoms with Crippen LogP contribution in [0, 0.1) is 5.92 Å². The summed E-state index contributed by atoms with van der Waals surface area (Å²) in [6.45, 7) is 5.89. The van der Waals surface area contributed by atoms with Crippen molar-refractivity contribution in [1.82, 2.24) is 10.2 Å². The fraction of sp³-hybridized carbons (Fsp3) is 0.923. The molecule has 2 aliphatic heterocycles. The predicted molar refractivity (Wildman–Crippen MR) is 76.3 cm³/mol. The number of nitrogens with zero attached hydrogens (tertiary/aromatic N) is 2. The van der Waals surface area contributed by atoms with Crippen LogP contribution in [0.4, 0.5) is 0 Å². The highest BCUT2D eigenvalue weighted by Gasteiger charge is 2.31. The quantitative estimate of drug-likeness (QED) is 0.835. The van der Waals surface area contributed by atoms with Gasteiger partial charge < -0.3 is 10.1 Å². The summed E-state index contributed by atoms with van der Waals surface area (Å²) in [5.74, 6) is 2.17. The van der Waals surface area contributed by atoms with Gasteiger partial charge in [-0.2, -0.15) is 0 Å². The van der Waals surface area contributed by atoms with E-state index in [1.807, 2.05) is 11.8 Å². The van der Waals surface area contributed by atoms with Gasteiger partial charge in [0.2, 0.25) is 0 Å². The molecule has 18 heavy (non-hydrogen) atoms. The molecule has 5 heteroatoms. The third-order valence-electron chi connectivity index (χ3n) is 4.18. The highest BCUT2D eigenvalue weighted by Crippen LogP contribution is 2.32. The van der Waals surface area contributed by atoms with E-state index >= 15 is 0 Å². The summed E-state index contributed by atoms with van der Waals surface area (Å²) in [5, 5.41) is 4.81. The molecule has 102 valence electrons. The Labute approximate surface area is 114 Å².